The molecule has 0 aliphatic carbocycles. The molecule has 1 aromatic heterocycles. The number of nitrogens with two attached hydrogens (primary N) is 1. The SMILES string of the molecule is Cl.NCc1nc(C(=O)NCc2ccc(S(=O)(=O)N3CCCCC3)cc2)cs1. The molecule has 0 radical (unpaired) electrons. The number of amides is 1. The molecule has 1 aliphatic heterocycles. The normalized spacial score (nSPS) is 15.1. The van der Waals surface area contributed by atoms with Gasteiger partial charge in [-0.25, -0.2) is 13.4 Å². The summed E-state index contributed by atoms with van der Waals surface area (Å²) in [5.74, 6) is -0.272. The number of nitrogens with one attached hydrogen (secondary N) is 1. The first kappa shape index (κ1) is 21.8. The third kappa shape index (κ3) is 5.26. The van der Waals surface area contributed by atoms with E-state index in [9.17, 15) is 13.2 Å². The van der Waals surface area contributed by atoms with Gasteiger partial charge in [-0.3, -0.25) is 4.79 Å². The van der Waals surface area contributed by atoms with E-state index in [1.165, 1.54) is 11.3 Å². The quantitative estimate of drug-likeness (QED) is 0.730. The number of thiazole rings is 1. The van der Waals surface area contributed by atoms with Gasteiger partial charge in [0.1, 0.15) is 10.7 Å². The average molecular weight is 431 g/mol. The number of aromatic nitrogens is 1. The first-order chi connectivity index (χ1) is 12.5. The predicted molar refractivity (Wildman–Crippen MR) is 107 cm³/mol. The van der Waals surface area contributed by atoms with Crippen LogP contribution in [0.5, 0.6) is 0 Å². The van der Waals surface area contributed by atoms with Gasteiger partial charge < -0.3 is 11.1 Å². The molecule has 3 N–H and O–H groups in total. The van der Waals surface area contributed by atoms with E-state index in [4.69, 9.17) is 5.73 Å². The summed E-state index contributed by atoms with van der Waals surface area (Å²) in [6.07, 6.45) is 2.90. The van der Waals surface area contributed by atoms with Gasteiger partial charge in [-0.2, -0.15) is 4.31 Å². The fraction of sp³-hybridized carbons (Fsp3) is 0.412. The van der Waals surface area contributed by atoms with Crippen LogP contribution >= 0.6 is 23.7 Å². The zero-order valence-corrected chi connectivity index (χ0v) is 17.2. The number of nitrogens with zero attached hydrogens (tertiary/aromatic N) is 2. The number of hydrogen-bond donors (Lipinski definition) is 2. The van der Waals surface area contributed by atoms with Crippen molar-refractivity contribution in [3.05, 3.63) is 45.9 Å². The molecule has 0 spiro atoms. The molecule has 148 valence electrons. The van der Waals surface area contributed by atoms with Crippen molar-refractivity contribution in [2.75, 3.05) is 13.1 Å². The summed E-state index contributed by atoms with van der Waals surface area (Å²) in [5.41, 5.74) is 6.67. The maximum atomic E-state index is 12.6. The first-order valence-electron chi connectivity index (χ1n) is 8.52. The van der Waals surface area contributed by atoms with E-state index < -0.39 is 10.0 Å². The summed E-state index contributed by atoms with van der Waals surface area (Å²) in [6.45, 7) is 1.78. The predicted octanol–water partition coefficient (Wildman–Crippen LogP) is 2.13. The van der Waals surface area contributed by atoms with Gasteiger partial charge in [-0.05, 0) is 30.5 Å². The average Bonchev–Trinajstić information content (AvgIpc) is 3.16. The maximum Gasteiger partial charge on any atom is 0.271 e. The Bertz CT molecular complexity index is 863. The van der Waals surface area contributed by atoms with Gasteiger partial charge in [0.15, 0.2) is 0 Å². The molecule has 0 unspecified atom stereocenters. The number of piperidine rings is 1. The molecule has 1 saturated heterocycles. The Hall–Kier alpha value is -1.52. The lowest BCUT2D eigenvalue weighted by Gasteiger charge is -2.25. The molecule has 2 heterocycles. The first-order valence-corrected chi connectivity index (χ1v) is 10.8. The third-order valence-electron chi connectivity index (χ3n) is 4.29. The van der Waals surface area contributed by atoms with E-state index in [-0.39, 0.29) is 18.3 Å². The molecule has 3 rings (SSSR count). The Morgan fingerprint density at radius 3 is 2.44 bits per heavy atom. The van der Waals surface area contributed by atoms with Crippen molar-refractivity contribution in [2.24, 2.45) is 5.73 Å². The van der Waals surface area contributed by atoms with E-state index in [0.717, 1.165) is 24.8 Å². The van der Waals surface area contributed by atoms with Crippen LogP contribution in [0.25, 0.3) is 0 Å². The zero-order valence-electron chi connectivity index (χ0n) is 14.8. The monoisotopic (exact) mass is 430 g/mol. The molecule has 0 saturated carbocycles. The molecule has 1 aliphatic rings. The van der Waals surface area contributed by atoms with Gasteiger partial charge in [0.25, 0.3) is 5.91 Å². The summed E-state index contributed by atoms with van der Waals surface area (Å²) >= 11 is 1.35. The van der Waals surface area contributed by atoms with Crippen molar-refractivity contribution in [3.63, 3.8) is 0 Å². The van der Waals surface area contributed by atoms with Gasteiger partial charge in [-0.1, -0.05) is 18.6 Å². The van der Waals surface area contributed by atoms with Crippen LogP contribution in [0, 0.1) is 0 Å². The van der Waals surface area contributed by atoms with Crippen molar-refractivity contribution in [1.29, 1.82) is 0 Å². The molecule has 27 heavy (non-hydrogen) atoms. The van der Waals surface area contributed by atoms with Gasteiger partial charge in [0.05, 0.1) is 4.90 Å². The van der Waals surface area contributed by atoms with Crippen LogP contribution in [0.3, 0.4) is 0 Å². The molecule has 1 amide bonds. The van der Waals surface area contributed by atoms with Crippen LogP contribution in [0.15, 0.2) is 34.5 Å². The summed E-state index contributed by atoms with van der Waals surface area (Å²) < 4.78 is 26.8. The lowest BCUT2D eigenvalue weighted by atomic mass is 10.2. The van der Waals surface area contributed by atoms with Crippen molar-refractivity contribution >= 4 is 39.7 Å². The van der Waals surface area contributed by atoms with Crippen LogP contribution < -0.4 is 11.1 Å². The van der Waals surface area contributed by atoms with Gasteiger partial charge >= 0.3 is 0 Å². The molecule has 10 heteroatoms. The van der Waals surface area contributed by atoms with Gasteiger partial charge in [0, 0.05) is 31.6 Å². The zero-order chi connectivity index (χ0) is 18.6. The minimum absolute atomic E-state index is 0. The van der Waals surface area contributed by atoms with Crippen molar-refractivity contribution in [2.45, 2.75) is 37.2 Å². The second-order valence-electron chi connectivity index (χ2n) is 6.12. The summed E-state index contributed by atoms with van der Waals surface area (Å²) in [6, 6.07) is 6.65. The molecule has 1 fully saturated rings. The van der Waals surface area contributed by atoms with Crippen molar-refractivity contribution in [1.82, 2.24) is 14.6 Å². The lowest BCUT2D eigenvalue weighted by Crippen LogP contribution is -2.35. The number of hydrogen-bond acceptors (Lipinski definition) is 6. The Morgan fingerprint density at radius 2 is 1.85 bits per heavy atom. The summed E-state index contributed by atoms with van der Waals surface area (Å²) in [5, 5.41) is 5.16. The van der Waals surface area contributed by atoms with E-state index >= 15 is 0 Å². The topological polar surface area (TPSA) is 105 Å². The van der Waals surface area contributed by atoms with Crippen LogP contribution in [-0.2, 0) is 23.1 Å². The van der Waals surface area contributed by atoms with E-state index in [2.05, 4.69) is 10.3 Å². The minimum Gasteiger partial charge on any atom is -0.347 e. The number of carbonyl (C=O) groups is 1. The van der Waals surface area contributed by atoms with Crippen molar-refractivity contribution < 1.29 is 13.2 Å². The lowest BCUT2D eigenvalue weighted by molar-refractivity contribution is 0.0946. The second-order valence-corrected chi connectivity index (χ2v) is 9.00. The summed E-state index contributed by atoms with van der Waals surface area (Å²) in [7, 11) is -3.43. The molecule has 1 aromatic carbocycles. The van der Waals surface area contributed by atoms with E-state index in [1.54, 1.807) is 34.0 Å². The van der Waals surface area contributed by atoms with E-state index in [1.807, 2.05) is 0 Å². The van der Waals surface area contributed by atoms with Gasteiger partial charge in [0.2, 0.25) is 10.0 Å². The smallest absolute Gasteiger partial charge is 0.271 e. The van der Waals surface area contributed by atoms with Crippen LogP contribution in [-0.4, -0.2) is 36.7 Å². The maximum absolute atomic E-state index is 12.6. The van der Waals surface area contributed by atoms with E-state index in [0.29, 0.717) is 41.8 Å². The number of sulfonamides is 1. The highest BCUT2D eigenvalue weighted by Gasteiger charge is 2.25. The summed E-state index contributed by atoms with van der Waals surface area (Å²) in [4.78, 5) is 16.5. The standard InChI is InChI=1S/C17H22N4O3S2.ClH/c18-10-16-20-15(12-25-16)17(22)19-11-13-4-6-14(7-5-13)26(23,24)21-8-2-1-3-9-21;/h4-7,12H,1-3,8-11,18H2,(H,19,22);1H. The van der Waals surface area contributed by atoms with Crippen LogP contribution in [0.1, 0.15) is 40.3 Å². The van der Waals surface area contributed by atoms with Crippen molar-refractivity contribution in [3.8, 4) is 0 Å². The number of halogens is 1. The Balaban J connectivity index is 0.00000261. The molecule has 2 aromatic rings. The third-order valence-corrected chi connectivity index (χ3v) is 7.07. The molecule has 7 nitrogen and oxygen atoms in total. The number of carbonyl (C=O) groups excluding carboxylic acids is 1. The largest absolute Gasteiger partial charge is 0.347 e. The molecule has 0 bridgehead atoms. The van der Waals surface area contributed by atoms with Crippen LogP contribution in [0.2, 0.25) is 0 Å². The fourth-order valence-corrected chi connectivity index (χ4v) is 4.99. The van der Waals surface area contributed by atoms with Gasteiger partial charge in [-0.15, -0.1) is 23.7 Å². The molecular weight excluding hydrogens is 408 g/mol. The number of rotatable bonds is 6. The van der Waals surface area contributed by atoms with Crippen LogP contribution in [0.4, 0.5) is 0 Å². The minimum atomic E-state index is -3.43. The highest BCUT2D eigenvalue weighted by Crippen LogP contribution is 2.20. The Kier molecular flexibility index (Phi) is 7.75. The highest BCUT2D eigenvalue weighted by molar-refractivity contribution is 7.89. The Labute approximate surface area is 169 Å². The molecule has 0 atom stereocenters. The Morgan fingerprint density at radius 1 is 1.19 bits per heavy atom. The fourth-order valence-electron chi connectivity index (χ4n) is 2.82. The second kappa shape index (κ2) is 9.61. The number of benzene rings is 1. The molecular formula is C17H23ClN4O3S2. The highest BCUT2D eigenvalue weighted by atomic mass is 35.5.